The van der Waals surface area contributed by atoms with E-state index < -0.39 is 19.7 Å². The number of anilines is 2. The molecule has 0 saturated carbocycles. The van der Waals surface area contributed by atoms with Gasteiger partial charge in [-0.1, -0.05) is 24.0 Å². The number of nitrogens with zero attached hydrogens (tertiary/aromatic N) is 1. The number of hydrogen-bond acceptors (Lipinski definition) is 8. The van der Waals surface area contributed by atoms with Crippen molar-refractivity contribution in [3.8, 4) is 17.6 Å². The minimum Gasteiger partial charge on any atom is -0.491 e. The van der Waals surface area contributed by atoms with Gasteiger partial charge in [0.05, 0.1) is 48.1 Å². The van der Waals surface area contributed by atoms with E-state index >= 15 is 0 Å². The Bertz CT molecular complexity index is 1580. The van der Waals surface area contributed by atoms with Crippen molar-refractivity contribution in [2.75, 3.05) is 83.7 Å². The summed E-state index contributed by atoms with van der Waals surface area (Å²) >= 11 is 1.30. The van der Waals surface area contributed by atoms with Crippen molar-refractivity contribution in [3.63, 3.8) is 0 Å². The van der Waals surface area contributed by atoms with E-state index in [1.54, 1.807) is 37.6 Å². The number of rotatable bonds is 2. The molecule has 45 heavy (non-hydrogen) atoms. The van der Waals surface area contributed by atoms with E-state index in [-0.39, 0.29) is 18.2 Å². The van der Waals surface area contributed by atoms with E-state index in [0.717, 1.165) is 36.3 Å². The lowest BCUT2D eigenvalue weighted by Crippen LogP contribution is -2.45. The Balaban J connectivity index is 1.48. The fourth-order valence-corrected chi connectivity index (χ4v) is 7.84. The van der Waals surface area contributed by atoms with Gasteiger partial charge < -0.3 is 34.3 Å². The van der Waals surface area contributed by atoms with Crippen molar-refractivity contribution in [1.29, 1.82) is 0 Å². The zero-order valence-electron chi connectivity index (χ0n) is 26.0. The van der Waals surface area contributed by atoms with E-state index in [2.05, 4.69) is 34.4 Å². The smallest absolute Gasteiger partial charge is 0.393 e. The molecule has 2 aliphatic rings. The van der Waals surface area contributed by atoms with Crippen LogP contribution in [0.2, 0.25) is 0 Å². The second-order valence-electron chi connectivity index (χ2n) is 12.0. The van der Waals surface area contributed by atoms with Gasteiger partial charge >= 0.3 is 6.18 Å². The fraction of sp³-hybridized carbons (Fsp3) is 0.515. The number of halogens is 3. The summed E-state index contributed by atoms with van der Waals surface area (Å²) in [5.74, 6) is 6.92. The summed E-state index contributed by atoms with van der Waals surface area (Å²) in [7, 11) is -0.485. The van der Waals surface area contributed by atoms with Crippen molar-refractivity contribution >= 4 is 45.2 Å². The topological polar surface area (TPSA) is 72.1 Å². The third-order valence-electron chi connectivity index (χ3n) is 8.07. The molecule has 1 fully saturated rings. The van der Waals surface area contributed by atoms with Gasteiger partial charge in [0.15, 0.2) is 0 Å². The Morgan fingerprint density at radius 3 is 2.62 bits per heavy atom. The SMILES string of the molecule is CN1CCC2Nc3cccc4c(CC(F)(F)F)c(sc34)C#CCNc3cc(cc(P(C)(C)=O)c3)OCCOCCOCC[C@@H]2C1. The third kappa shape index (κ3) is 9.40. The van der Waals surface area contributed by atoms with Crippen LogP contribution in [0.1, 0.15) is 23.3 Å². The van der Waals surface area contributed by atoms with Gasteiger partial charge in [0.2, 0.25) is 0 Å². The molecule has 3 heterocycles. The van der Waals surface area contributed by atoms with Crippen LogP contribution in [0.5, 0.6) is 5.75 Å². The number of hydrogen-bond donors (Lipinski definition) is 2. The Morgan fingerprint density at radius 1 is 1.07 bits per heavy atom. The van der Waals surface area contributed by atoms with Crippen LogP contribution in [0, 0.1) is 17.8 Å². The molecule has 12 heteroatoms. The second-order valence-corrected chi connectivity index (χ2v) is 16.3. The molecular weight excluding hydrogens is 622 g/mol. The molecule has 0 amide bonds. The molecule has 1 saturated heterocycles. The van der Waals surface area contributed by atoms with Crippen LogP contribution < -0.4 is 20.7 Å². The number of thiophene rings is 1. The molecule has 0 aliphatic carbocycles. The average Bonchev–Trinajstić information content (AvgIpc) is 3.31. The Hall–Kier alpha value is -2.74. The van der Waals surface area contributed by atoms with Crippen molar-refractivity contribution in [1.82, 2.24) is 4.90 Å². The molecule has 0 radical (unpaired) electrons. The maximum Gasteiger partial charge on any atom is 0.393 e. The van der Waals surface area contributed by atoms with Crippen molar-refractivity contribution in [3.05, 3.63) is 46.8 Å². The van der Waals surface area contributed by atoms with Crippen LogP contribution >= 0.6 is 18.5 Å². The quantitative estimate of drug-likeness (QED) is 0.248. The van der Waals surface area contributed by atoms with Gasteiger partial charge in [0.1, 0.15) is 19.5 Å². The van der Waals surface area contributed by atoms with E-state index in [1.165, 1.54) is 11.3 Å². The molecule has 1 unspecified atom stereocenters. The number of likely N-dealkylation sites (tertiary alicyclic amines) is 1. The summed E-state index contributed by atoms with van der Waals surface area (Å²) in [5, 5.41) is 8.15. The van der Waals surface area contributed by atoms with Crippen LogP contribution in [-0.4, -0.2) is 90.2 Å². The summed E-state index contributed by atoms with van der Waals surface area (Å²) in [6.45, 7) is 7.62. The maximum absolute atomic E-state index is 13.8. The third-order valence-corrected chi connectivity index (χ3v) is 10.8. The first-order chi connectivity index (χ1) is 21.5. The van der Waals surface area contributed by atoms with Gasteiger partial charge in [0.25, 0.3) is 0 Å². The van der Waals surface area contributed by atoms with E-state index in [1.807, 2.05) is 12.1 Å². The molecule has 4 bridgehead atoms. The molecule has 2 aliphatic heterocycles. The molecule has 1 aromatic heterocycles. The van der Waals surface area contributed by atoms with Crippen LogP contribution in [0.3, 0.4) is 0 Å². The molecule has 2 N–H and O–H groups in total. The number of piperidine rings is 1. The minimum absolute atomic E-state index is 0.165. The van der Waals surface area contributed by atoms with Crippen LogP contribution in [-0.2, 0) is 20.5 Å². The highest BCUT2D eigenvalue weighted by molar-refractivity contribution is 7.70. The number of fused-ring (bicyclic) bond motifs is 4. The average molecular weight is 664 g/mol. The molecule has 0 spiro atoms. The Morgan fingerprint density at radius 2 is 1.84 bits per heavy atom. The van der Waals surface area contributed by atoms with Crippen LogP contribution in [0.15, 0.2) is 36.4 Å². The largest absolute Gasteiger partial charge is 0.491 e. The number of ether oxygens (including phenoxy) is 3. The molecule has 3 aromatic rings. The maximum atomic E-state index is 13.8. The number of benzene rings is 2. The van der Waals surface area contributed by atoms with E-state index in [0.29, 0.717) is 66.0 Å². The highest BCUT2D eigenvalue weighted by Crippen LogP contribution is 2.40. The first-order valence-corrected chi connectivity index (χ1v) is 18.7. The highest BCUT2D eigenvalue weighted by Gasteiger charge is 2.32. The zero-order valence-corrected chi connectivity index (χ0v) is 27.7. The van der Waals surface area contributed by atoms with Crippen molar-refractivity contribution in [2.45, 2.75) is 31.5 Å². The summed E-state index contributed by atoms with van der Waals surface area (Å²) < 4.78 is 72.5. The predicted octanol–water partition coefficient (Wildman–Crippen LogP) is 6.27. The molecule has 2 atom stereocenters. The minimum atomic E-state index is -4.37. The van der Waals surface area contributed by atoms with Crippen molar-refractivity contribution < 1.29 is 31.9 Å². The van der Waals surface area contributed by atoms with Gasteiger partial charge in [-0.2, -0.15) is 13.2 Å². The molecule has 7 nitrogen and oxygen atoms in total. The molecule has 2 aromatic carbocycles. The van der Waals surface area contributed by atoms with E-state index in [4.69, 9.17) is 14.2 Å². The first kappa shape index (κ1) is 33.6. The molecular formula is C33H41F3N3O4PS. The van der Waals surface area contributed by atoms with E-state index in [9.17, 15) is 17.7 Å². The summed E-state index contributed by atoms with van der Waals surface area (Å²) in [6, 6.07) is 11.1. The van der Waals surface area contributed by atoms with Crippen LogP contribution in [0.4, 0.5) is 24.5 Å². The number of nitrogens with one attached hydrogen (secondary N) is 2. The Labute approximate surface area is 267 Å². The predicted molar refractivity (Wildman–Crippen MR) is 177 cm³/mol. The van der Waals surface area contributed by atoms with Gasteiger partial charge in [-0.05, 0) is 74.8 Å². The summed E-state index contributed by atoms with van der Waals surface area (Å²) in [4.78, 5) is 2.72. The lowest BCUT2D eigenvalue weighted by molar-refractivity contribution is -0.126. The molecule has 244 valence electrons. The summed E-state index contributed by atoms with van der Waals surface area (Å²) in [6.07, 6.45) is -3.64. The second kappa shape index (κ2) is 14.8. The first-order valence-electron chi connectivity index (χ1n) is 15.2. The highest BCUT2D eigenvalue weighted by atomic mass is 32.1. The van der Waals surface area contributed by atoms with Gasteiger partial charge in [0, 0.05) is 36.3 Å². The van der Waals surface area contributed by atoms with Crippen molar-refractivity contribution in [2.24, 2.45) is 5.92 Å². The zero-order chi connectivity index (χ0) is 32.0. The van der Waals surface area contributed by atoms with Gasteiger partial charge in [-0.3, -0.25) is 0 Å². The monoisotopic (exact) mass is 663 g/mol. The van der Waals surface area contributed by atoms with Gasteiger partial charge in [-0.15, -0.1) is 11.3 Å². The standard InChI is InChI=1S/C33H41F3N3O4PS/c1-39-12-9-29-23(22-39)10-13-41-14-15-42-16-17-43-25-18-24(19-26(20-25)44(2,3)40)37-11-5-8-31-28(21-33(34,35)36)27-6-4-7-30(38-29)32(27)45-31/h4,6-7,18-20,23,29,37-38H,9-17,21-22H2,1-3H3/t23-,29?/m1/s1. The normalized spacial score (nSPS) is 21.1. The lowest BCUT2D eigenvalue weighted by Gasteiger charge is -2.38. The Kier molecular flexibility index (Phi) is 11.0. The van der Waals surface area contributed by atoms with Crippen LogP contribution in [0.25, 0.3) is 10.1 Å². The number of alkyl halides is 3. The fourth-order valence-electron chi connectivity index (χ4n) is 5.78. The lowest BCUT2D eigenvalue weighted by atomic mass is 9.89. The van der Waals surface area contributed by atoms with Gasteiger partial charge in [-0.25, -0.2) is 0 Å². The summed E-state index contributed by atoms with van der Waals surface area (Å²) in [5.41, 5.74) is 1.71. The molecule has 5 rings (SSSR count).